The molecular formula is C31H35N7O. The predicted octanol–water partition coefficient (Wildman–Crippen LogP) is 4.66. The Balaban J connectivity index is 1.40. The first kappa shape index (κ1) is 26.5. The first-order valence-electron chi connectivity index (χ1n) is 13.4. The number of carbonyl (C=O) groups excluding carboxylic acids is 1. The third-order valence-corrected chi connectivity index (χ3v) is 7.18. The van der Waals surface area contributed by atoms with Gasteiger partial charge >= 0.3 is 0 Å². The molecule has 1 atom stereocenters. The van der Waals surface area contributed by atoms with Gasteiger partial charge in [0.15, 0.2) is 5.82 Å². The van der Waals surface area contributed by atoms with Crippen molar-refractivity contribution >= 4 is 17.7 Å². The van der Waals surface area contributed by atoms with Crippen LogP contribution in [0.3, 0.4) is 0 Å². The van der Waals surface area contributed by atoms with Gasteiger partial charge in [0.1, 0.15) is 0 Å². The summed E-state index contributed by atoms with van der Waals surface area (Å²) in [4.78, 5) is 16.5. The van der Waals surface area contributed by atoms with Crippen LogP contribution in [0.2, 0.25) is 0 Å². The fraction of sp³-hybridized carbons (Fsp3) is 0.290. The van der Waals surface area contributed by atoms with Gasteiger partial charge in [0.05, 0.1) is 11.7 Å². The Kier molecular flexibility index (Phi) is 8.24. The quantitative estimate of drug-likeness (QED) is 0.363. The Morgan fingerprint density at radius 1 is 0.923 bits per heavy atom. The van der Waals surface area contributed by atoms with E-state index < -0.39 is 0 Å². The summed E-state index contributed by atoms with van der Waals surface area (Å²) in [6.07, 6.45) is 4.43. The van der Waals surface area contributed by atoms with E-state index in [4.69, 9.17) is 0 Å². The van der Waals surface area contributed by atoms with Crippen molar-refractivity contribution in [3.8, 4) is 5.69 Å². The molecule has 0 spiro atoms. The van der Waals surface area contributed by atoms with Crippen molar-refractivity contribution < 1.29 is 4.79 Å². The molecule has 39 heavy (non-hydrogen) atoms. The van der Waals surface area contributed by atoms with Gasteiger partial charge in [0.2, 0.25) is 5.91 Å². The summed E-state index contributed by atoms with van der Waals surface area (Å²) < 4.78 is 1.89. The van der Waals surface area contributed by atoms with E-state index in [0.717, 1.165) is 66.6 Å². The van der Waals surface area contributed by atoms with Crippen molar-refractivity contribution in [2.45, 2.75) is 26.8 Å². The van der Waals surface area contributed by atoms with Crippen LogP contribution in [0, 0.1) is 13.8 Å². The molecule has 200 valence electrons. The maximum Gasteiger partial charge on any atom is 0.221 e. The lowest BCUT2D eigenvalue weighted by atomic mass is 10.0. The zero-order chi connectivity index (χ0) is 27.2. The first-order valence-corrected chi connectivity index (χ1v) is 13.4. The second kappa shape index (κ2) is 12.1. The summed E-state index contributed by atoms with van der Waals surface area (Å²) in [5, 5.41) is 16.0. The summed E-state index contributed by atoms with van der Waals surface area (Å²) in [6.45, 7) is 10.3. The number of anilines is 1. The van der Waals surface area contributed by atoms with Crippen LogP contribution in [0.5, 0.6) is 0 Å². The third kappa shape index (κ3) is 6.30. The van der Waals surface area contributed by atoms with Crippen LogP contribution < -0.4 is 5.32 Å². The number of aromatic nitrogens is 4. The van der Waals surface area contributed by atoms with Crippen LogP contribution in [-0.4, -0.2) is 68.6 Å². The van der Waals surface area contributed by atoms with E-state index in [2.05, 4.69) is 111 Å². The summed E-state index contributed by atoms with van der Waals surface area (Å²) in [5.74, 6) is 0.702. The highest BCUT2D eigenvalue weighted by atomic mass is 16.1. The van der Waals surface area contributed by atoms with Gasteiger partial charge in [-0.25, -0.2) is 0 Å². The molecule has 2 heterocycles. The number of tetrazole rings is 1. The molecular weight excluding hydrogens is 486 g/mol. The van der Waals surface area contributed by atoms with E-state index in [0.29, 0.717) is 0 Å². The number of hydrogen-bond acceptors (Lipinski definition) is 6. The molecule has 1 aromatic heterocycles. The molecule has 0 saturated carbocycles. The lowest BCUT2D eigenvalue weighted by molar-refractivity contribution is -0.114. The van der Waals surface area contributed by atoms with Gasteiger partial charge in [0, 0.05) is 45.3 Å². The van der Waals surface area contributed by atoms with Crippen molar-refractivity contribution in [3.05, 3.63) is 107 Å². The van der Waals surface area contributed by atoms with E-state index in [1.165, 1.54) is 12.5 Å². The number of aryl methyl sites for hydroxylation is 2. The zero-order valence-corrected chi connectivity index (χ0v) is 22.8. The van der Waals surface area contributed by atoms with Crippen LogP contribution in [-0.2, 0) is 4.79 Å². The maximum absolute atomic E-state index is 11.6. The number of para-hydroxylation sites is 1. The fourth-order valence-corrected chi connectivity index (χ4v) is 5.24. The van der Waals surface area contributed by atoms with Crippen molar-refractivity contribution in [2.75, 3.05) is 38.0 Å². The smallest absolute Gasteiger partial charge is 0.221 e. The number of carbonyl (C=O) groups is 1. The standard InChI is InChI=1S/C31H35N7O/c1-23-9-7-10-24(2)29(23)38-31(33-34-35-38)30(27-14-16-28(17-15-27)32-25(3)39)37-21-19-36(20-22-37)18-8-13-26-11-5-4-6-12-26/h4-17,30H,18-22H2,1-3H3,(H,32,39)/b13-8+/t30-/m0/s1. The molecule has 3 aromatic carbocycles. The van der Waals surface area contributed by atoms with Crippen molar-refractivity contribution in [1.82, 2.24) is 30.0 Å². The van der Waals surface area contributed by atoms with E-state index in [9.17, 15) is 4.79 Å². The molecule has 1 saturated heterocycles. The zero-order valence-electron chi connectivity index (χ0n) is 22.8. The molecule has 1 N–H and O–H groups in total. The summed E-state index contributed by atoms with van der Waals surface area (Å²) in [6, 6.07) is 24.5. The molecule has 1 aliphatic heterocycles. The molecule has 0 radical (unpaired) electrons. The van der Waals surface area contributed by atoms with Gasteiger partial charge in [-0.1, -0.05) is 72.8 Å². The number of amides is 1. The molecule has 8 heteroatoms. The normalized spacial score (nSPS) is 15.5. The number of hydrogen-bond donors (Lipinski definition) is 1. The second-order valence-corrected chi connectivity index (χ2v) is 10.0. The highest BCUT2D eigenvalue weighted by Gasteiger charge is 2.31. The Labute approximate surface area is 230 Å². The Hall–Kier alpha value is -4.14. The minimum atomic E-state index is -0.132. The predicted molar refractivity (Wildman–Crippen MR) is 155 cm³/mol. The van der Waals surface area contributed by atoms with Crippen LogP contribution in [0.4, 0.5) is 5.69 Å². The van der Waals surface area contributed by atoms with Crippen molar-refractivity contribution in [1.29, 1.82) is 0 Å². The van der Waals surface area contributed by atoms with E-state index >= 15 is 0 Å². The van der Waals surface area contributed by atoms with E-state index in [1.807, 2.05) is 22.9 Å². The topological polar surface area (TPSA) is 79.2 Å². The molecule has 1 amide bonds. The minimum Gasteiger partial charge on any atom is -0.326 e. The fourth-order valence-electron chi connectivity index (χ4n) is 5.24. The van der Waals surface area contributed by atoms with Gasteiger partial charge in [0.25, 0.3) is 0 Å². The number of piperazine rings is 1. The van der Waals surface area contributed by atoms with Crippen LogP contribution >= 0.6 is 0 Å². The van der Waals surface area contributed by atoms with Crippen LogP contribution in [0.25, 0.3) is 11.8 Å². The average molecular weight is 522 g/mol. The van der Waals surface area contributed by atoms with Gasteiger partial charge in [-0.2, -0.15) is 4.68 Å². The lowest BCUT2D eigenvalue weighted by Crippen LogP contribution is -2.48. The SMILES string of the molecule is CC(=O)Nc1ccc([C@@H](c2nnnn2-c2c(C)cccc2C)N2CCN(C/C=C/c3ccccc3)CC2)cc1. The minimum absolute atomic E-state index is 0.0873. The van der Waals surface area contributed by atoms with Crippen molar-refractivity contribution in [2.24, 2.45) is 0 Å². The van der Waals surface area contributed by atoms with E-state index in [-0.39, 0.29) is 11.9 Å². The van der Waals surface area contributed by atoms with Gasteiger partial charge in [-0.3, -0.25) is 14.6 Å². The summed E-state index contributed by atoms with van der Waals surface area (Å²) in [7, 11) is 0. The molecule has 0 unspecified atom stereocenters. The molecule has 0 aliphatic carbocycles. The third-order valence-electron chi connectivity index (χ3n) is 7.18. The van der Waals surface area contributed by atoms with E-state index in [1.54, 1.807) is 0 Å². The number of nitrogens with zero attached hydrogens (tertiary/aromatic N) is 6. The lowest BCUT2D eigenvalue weighted by Gasteiger charge is -2.38. The molecule has 1 fully saturated rings. The first-order chi connectivity index (χ1) is 19.0. The van der Waals surface area contributed by atoms with Crippen LogP contribution in [0.1, 0.15) is 41.0 Å². The maximum atomic E-state index is 11.6. The summed E-state index contributed by atoms with van der Waals surface area (Å²) in [5.41, 5.74) is 6.34. The molecule has 4 aromatic rings. The molecule has 8 nitrogen and oxygen atoms in total. The van der Waals surface area contributed by atoms with Gasteiger partial charge in [-0.05, 0) is 58.7 Å². The van der Waals surface area contributed by atoms with Crippen LogP contribution in [0.15, 0.2) is 78.9 Å². The van der Waals surface area contributed by atoms with Crippen molar-refractivity contribution in [3.63, 3.8) is 0 Å². The number of benzene rings is 3. The monoisotopic (exact) mass is 521 g/mol. The molecule has 1 aliphatic rings. The Bertz CT molecular complexity index is 1400. The highest BCUT2D eigenvalue weighted by Crippen LogP contribution is 2.31. The number of rotatable bonds is 8. The Morgan fingerprint density at radius 2 is 1.62 bits per heavy atom. The molecule has 5 rings (SSSR count). The van der Waals surface area contributed by atoms with Gasteiger partial charge in [-0.15, -0.1) is 5.10 Å². The summed E-state index contributed by atoms with van der Waals surface area (Å²) >= 11 is 0. The number of nitrogens with one attached hydrogen (secondary N) is 1. The highest BCUT2D eigenvalue weighted by molar-refractivity contribution is 5.88. The largest absolute Gasteiger partial charge is 0.326 e. The second-order valence-electron chi connectivity index (χ2n) is 10.0. The van der Waals surface area contributed by atoms with Gasteiger partial charge < -0.3 is 5.32 Å². The molecule has 0 bridgehead atoms. The Morgan fingerprint density at radius 3 is 2.28 bits per heavy atom. The average Bonchev–Trinajstić information content (AvgIpc) is 3.40.